The second-order valence-electron chi connectivity index (χ2n) is 9.09. The number of carbonyl (C=O) groups is 1. The zero-order valence-electron chi connectivity index (χ0n) is 19.6. The molecule has 2 aliphatic rings. The second-order valence-corrected chi connectivity index (χ2v) is 11.0. The van der Waals surface area contributed by atoms with Crippen LogP contribution in [0.5, 0.6) is 0 Å². The van der Waals surface area contributed by atoms with Gasteiger partial charge < -0.3 is 4.90 Å². The maximum absolute atomic E-state index is 13.0. The maximum Gasteiger partial charge on any atom is 0.270 e. The molecule has 0 saturated carbocycles. The molecule has 7 nitrogen and oxygen atoms in total. The average Bonchev–Trinajstić information content (AvgIpc) is 2.89. The Morgan fingerprint density at radius 3 is 2.15 bits per heavy atom. The first kappa shape index (κ1) is 24.6. The van der Waals surface area contributed by atoms with Crippen LogP contribution in [-0.4, -0.2) is 61.5 Å². The molecule has 2 aliphatic heterocycles. The summed E-state index contributed by atoms with van der Waals surface area (Å²) in [5.41, 5.74) is 5.37. The van der Waals surface area contributed by atoms with Crippen LogP contribution in [0.2, 0.25) is 0 Å². The van der Waals surface area contributed by atoms with Gasteiger partial charge in [-0.05, 0) is 80.1 Å². The summed E-state index contributed by atoms with van der Waals surface area (Å²) < 4.78 is 27.3. The minimum Gasteiger partial charge on any atom is -0.304 e. The number of carbonyl (C=O) groups excluding carboxylic acids is 1. The SMILES string of the molecule is CCN1CCC(Cc2ccc(-c3ccc(S(=O)(=O)N4CC=C(C(=O)NO)CC4)cc3)cc2)CC1. The van der Waals surface area contributed by atoms with Crippen LogP contribution in [0.3, 0.4) is 0 Å². The van der Waals surface area contributed by atoms with E-state index in [4.69, 9.17) is 5.21 Å². The lowest BCUT2D eigenvalue weighted by Gasteiger charge is -2.31. The van der Waals surface area contributed by atoms with Gasteiger partial charge in [-0.2, -0.15) is 4.31 Å². The number of hydrogen-bond acceptors (Lipinski definition) is 5. The molecule has 0 bridgehead atoms. The van der Waals surface area contributed by atoms with Gasteiger partial charge in [0.15, 0.2) is 0 Å². The van der Waals surface area contributed by atoms with Gasteiger partial charge in [0.1, 0.15) is 0 Å². The van der Waals surface area contributed by atoms with Crippen molar-refractivity contribution in [3.05, 3.63) is 65.7 Å². The van der Waals surface area contributed by atoms with Crippen molar-refractivity contribution in [2.45, 2.75) is 37.5 Å². The van der Waals surface area contributed by atoms with Crippen LogP contribution in [0.1, 0.15) is 31.7 Å². The smallest absolute Gasteiger partial charge is 0.270 e. The Kier molecular flexibility index (Phi) is 7.83. The van der Waals surface area contributed by atoms with E-state index >= 15 is 0 Å². The molecule has 0 radical (unpaired) electrons. The average molecular weight is 484 g/mol. The summed E-state index contributed by atoms with van der Waals surface area (Å²) in [4.78, 5) is 14.3. The Hall–Kier alpha value is -2.52. The molecule has 0 spiro atoms. The van der Waals surface area contributed by atoms with E-state index in [1.54, 1.807) is 17.6 Å². The van der Waals surface area contributed by atoms with Gasteiger partial charge in [0.25, 0.3) is 5.91 Å². The summed E-state index contributed by atoms with van der Waals surface area (Å²) in [7, 11) is -3.65. The number of hydroxylamine groups is 1. The molecule has 1 saturated heterocycles. The fourth-order valence-electron chi connectivity index (χ4n) is 4.79. The molecular formula is C26H33N3O4S. The summed E-state index contributed by atoms with van der Waals surface area (Å²) in [6.07, 6.45) is 5.42. The van der Waals surface area contributed by atoms with E-state index in [0.717, 1.165) is 30.0 Å². The normalized spacial score (nSPS) is 18.5. The molecule has 2 aromatic carbocycles. The van der Waals surface area contributed by atoms with Gasteiger partial charge >= 0.3 is 0 Å². The van der Waals surface area contributed by atoms with Crippen molar-refractivity contribution in [3.8, 4) is 11.1 Å². The van der Waals surface area contributed by atoms with Crippen LogP contribution >= 0.6 is 0 Å². The van der Waals surface area contributed by atoms with Crippen molar-refractivity contribution in [2.75, 3.05) is 32.7 Å². The lowest BCUT2D eigenvalue weighted by Crippen LogP contribution is -2.37. The quantitative estimate of drug-likeness (QED) is 0.465. The minimum atomic E-state index is -3.65. The number of nitrogens with zero attached hydrogens (tertiary/aromatic N) is 2. The maximum atomic E-state index is 13.0. The summed E-state index contributed by atoms with van der Waals surface area (Å²) in [6, 6.07) is 15.6. The van der Waals surface area contributed by atoms with Crippen LogP contribution in [0.25, 0.3) is 11.1 Å². The summed E-state index contributed by atoms with van der Waals surface area (Å²) in [5.74, 6) is 0.158. The number of rotatable bonds is 7. The van der Waals surface area contributed by atoms with E-state index in [0.29, 0.717) is 5.57 Å². The van der Waals surface area contributed by atoms with Crippen LogP contribution in [0.4, 0.5) is 0 Å². The van der Waals surface area contributed by atoms with E-state index in [1.807, 2.05) is 12.1 Å². The molecule has 2 heterocycles. The van der Waals surface area contributed by atoms with Crippen LogP contribution in [0, 0.1) is 5.92 Å². The zero-order valence-corrected chi connectivity index (χ0v) is 20.4. The molecule has 1 amide bonds. The highest BCUT2D eigenvalue weighted by molar-refractivity contribution is 7.89. The Labute approximate surface area is 202 Å². The van der Waals surface area contributed by atoms with Crippen LogP contribution in [-0.2, 0) is 21.2 Å². The third kappa shape index (κ3) is 5.58. The van der Waals surface area contributed by atoms with Crippen molar-refractivity contribution in [2.24, 2.45) is 5.92 Å². The molecule has 0 atom stereocenters. The highest BCUT2D eigenvalue weighted by Crippen LogP contribution is 2.27. The van der Waals surface area contributed by atoms with E-state index in [-0.39, 0.29) is 24.4 Å². The van der Waals surface area contributed by atoms with Crippen LogP contribution < -0.4 is 5.48 Å². The van der Waals surface area contributed by atoms with E-state index in [1.165, 1.54) is 41.9 Å². The largest absolute Gasteiger partial charge is 0.304 e. The molecule has 0 aromatic heterocycles. The Morgan fingerprint density at radius 1 is 1.00 bits per heavy atom. The molecule has 0 unspecified atom stereocenters. The summed E-state index contributed by atoms with van der Waals surface area (Å²) in [5, 5.41) is 8.74. The number of hydrogen-bond donors (Lipinski definition) is 2. The van der Waals surface area contributed by atoms with Gasteiger partial charge in [0, 0.05) is 18.7 Å². The molecule has 2 N–H and O–H groups in total. The van der Waals surface area contributed by atoms with Crippen LogP contribution in [0.15, 0.2) is 65.1 Å². The number of amides is 1. The standard InChI is InChI=1S/C26H33N3O4S/c1-2-28-15-11-21(12-16-28)19-20-3-5-22(6-4-20)23-7-9-25(10-8-23)34(32,33)29-17-13-24(14-18-29)26(30)27-31/h3-10,13,21,31H,2,11-12,14-19H2,1H3,(H,27,30). The van der Waals surface area contributed by atoms with Gasteiger partial charge in [0.05, 0.1) is 4.90 Å². The number of piperidine rings is 1. The number of benzene rings is 2. The monoisotopic (exact) mass is 483 g/mol. The van der Waals surface area contributed by atoms with Gasteiger partial charge in [-0.15, -0.1) is 0 Å². The fraction of sp³-hybridized carbons (Fsp3) is 0.423. The molecule has 0 aliphatic carbocycles. The first-order valence-electron chi connectivity index (χ1n) is 12.0. The Morgan fingerprint density at radius 2 is 1.62 bits per heavy atom. The molecule has 4 rings (SSSR count). The lowest BCUT2D eigenvalue weighted by atomic mass is 9.89. The lowest BCUT2D eigenvalue weighted by molar-refractivity contribution is -0.125. The fourth-order valence-corrected chi connectivity index (χ4v) is 6.17. The van der Waals surface area contributed by atoms with Gasteiger partial charge in [-0.25, -0.2) is 13.9 Å². The highest BCUT2D eigenvalue weighted by Gasteiger charge is 2.27. The number of nitrogens with one attached hydrogen (secondary N) is 1. The molecular weight excluding hydrogens is 450 g/mol. The van der Waals surface area contributed by atoms with Gasteiger partial charge in [-0.3, -0.25) is 10.0 Å². The summed E-state index contributed by atoms with van der Waals surface area (Å²) in [6.45, 7) is 6.06. The molecule has 8 heteroatoms. The third-order valence-electron chi connectivity index (χ3n) is 7.02. The zero-order chi connectivity index (χ0) is 24.1. The first-order valence-corrected chi connectivity index (χ1v) is 13.4. The van der Waals surface area contributed by atoms with Crippen molar-refractivity contribution in [1.29, 1.82) is 0 Å². The van der Waals surface area contributed by atoms with Crippen molar-refractivity contribution >= 4 is 15.9 Å². The molecule has 34 heavy (non-hydrogen) atoms. The van der Waals surface area contributed by atoms with E-state index in [9.17, 15) is 13.2 Å². The Balaban J connectivity index is 1.38. The van der Waals surface area contributed by atoms with E-state index < -0.39 is 15.9 Å². The highest BCUT2D eigenvalue weighted by atomic mass is 32.2. The van der Waals surface area contributed by atoms with Crippen molar-refractivity contribution in [1.82, 2.24) is 14.7 Å². The van der Waals surface area contributed by atoms with Gasteiger partial charge in [0.2, 0.25) is 10.0 Å². The molecule has 2 aromatic rings. The van der Waals surface area contributed by atoms with Crippen molar-refractivity contribution < 1.29 is 18.4 Å². The van der Waals surface area contributed by atoms with Crippen molar-refractivity contribution in [3.63, 3.8) is 0 Å². The Bertz CT molecular complexity index is 1120. The van der Waals surface area contributed by atoms with E-state index in [2.05, 4.69) is 36.1 Å². The predicted molar refractivity (Wildman–Crippen MR) is 132 cm³/mol. The van der Waals surface area contributed by atoms with Gasteiger partial charge in [-0.1, -0.05) is 49.4 Å². The minimum absolute atomic E-state index is 0.103. The number of sulfonamides is 1. The molecule has 182 valence electrons. The second kappa shape index (κ2) is 10.8. The summed E-state index contributed by atoms with van der Waals surface area (Å²) >= 11 is 0. The molecule has 1 fully saturated rings. The first-order chi connectivity index (χ1) is 16.4. The number of likely N-dealkylation sites (tertiary alicyclic amines) is 1. The predicted octanol–water partition coefficient (Wildman–Crippen LogP) is 3.45. The topological polar surface area (TPSA) is 90.0 Å². The third-order valence-corrected chi connectivity index (χ3v) is 8.90.